The van der Waals surface area contributed by atoms with Gasteiger partial charge in [0.05, 0.1) is 4.88 Å². The van der Waals surface area contributed by atoms with E-state index in [0.29, 0.717) is 12.6 Å². The standard InChI is InChI=1S/C17H29N5OS.HI/c1-3-22-11-4-7-14(22)13-21-17(18-2)20-10-6-9-19-16(23)15-8-5-12-24-15;/h5,8,12,14H,3-4,6-7,9-11,13H2,1-2H3,(H,19,23)(H2,18,20,21);1H. The molecule has 142 valence electrons. The summed E-state index contributed by atoms with van der Waals surface area (Å²) >= 11 is 1.46. The SMILES string of the molecule is CCN1CCCC1CNC(=NC)NCCCNC(=O)c1cccs1.I. The van der Waals surface area contributed by atoms with Crippen molar-refractivity contribution < 1.29 is 4.79 Å². The van der Waals surface area contributed by atoms with Gasteiger partial charge in [0.25, 0.3) is 5.91 Å². The quantitative estimate of drug-likeness (QED) is 0.231. The smallest absolute Gasteiger partial charge is 0.261 e. The molecule has 1 fully saturated rings. The van der Waals surface area contributed by atoms with Crippen LogP contribution >= 0.6 is 35.3 Å². The fourth-order valence-corrected chi connectivity index (χ4v) is 3.61. The summed E-state index contributed by atoms with van der Waals surface area (Å²) in [6.45, 7) is 6.92. The summed E-state index contributed by atoms with van der Waals surface area (Å²) < 4.78 is 0. The molecule has 1 aliphatic heterocycles. The van der Waals surface area contributed by atoms with Gasteiger partial charge in [-0.05, 0) is 43.8 Å². The first kappa shape index (κ1) is 22.2. The highest BCUT2D eigenvalue weighted by Gasteiger charge is 2.22. The third-order valence-electron chi connectivity index (χ3n) is 4.31. The Kier molecular flexibility index (Phi) is 11.1. The van der Waals surface area contributed by atoms with Crippen LogP contribution in [0.15, 0.2) is 22.5 Å². The van der Waals surface area contributed by atoms with Crippen LogP contribution in [0.1, 0.15) is 35.9 Å². The van der Waals surface area contributed by atoms with E-state index in [-0.39, 0.29) is 29.9 Å². The highest BCUT2D eigenvalue weighted by atomic mass is 127. The Hall–Kier alpha value is -0.870. The molecule has 0 bridgehead atoms. The molecule has 1 aliphatic rings. The summed E-state index contributed by atoms with van der Waals surface area (Å²) in [5, 5.41) is 11.6. The fraction of sp³-hybridized carbons (Fsp3) is 0.647. The number of carbonyl (C=O) groups is 1. The molecule has 0 aliphatic carbocycles. The van der Waals surface area contributed by atoms with Gasteiger partial charge in [0.1, 0.15) is 0 Å². The van der Waals surface area contributed by atoms with Crippen LogP contribution in [0.4, 0.5) is 0 Å². The Bertz CT molecular complexity index is 523. The maximum atomic E-state index is 11.8. The van der Waals surface area contributed by atoms with Gasteiger partial charge in [0, 0.05) is 32.7 Å². The van der Waals surface area contributed by atoms with Crippen molar-refractivity contribution >= 4 is 47.2 Å². The molecule has 0 aromatic carbocycles. The van der Waals surface area contributed by atoms with Crippen molar-refractivity contribution in [3.05, 3.63) is 22.4 Å². The van der Waals surface area contributed by atoms with Crippen molar-refractivity contribution in [3.8, 4) is 0 Å². The van der Waals surface area contributed by atoms with E-state index in [1.54, 1.807) is 7.05 Å². The molecule has 1 unspecified atom stereocenters. The van der Waals surface area contributed by atoms with E-state index in [0.717, 1.165) is 36.9 Å². The zero-order valence-corrected chi connectivity index (χ0v) is 18.2. The van der Waals surface area contributed by atoms with Crippen LogP contribution in [0.3, 0.4) is 0 Å². The van der Waals surface area contributed by atoms with Crippen LogP contribution in [0.25, 0.3) is 0 Å². The zero-order chi connectivity index (χ0) is 17.2. The second kappa shape index (κ2) is 12.5. The number of rotatable bonds is 8. The highest BCUT2D eigenvalue weighted by molar-refractivity contribution is 14.0. The van der Waals surface area contributed by atoms with Gasteiger partial charge in [0.15, 0.2) is 5.96 Å². The molecule has 0 spiro atoms. The third kappa shape index (κ3) is 7.49. The van der Waals surface area contributed by atoms with Crippen molar-refractivity contribution in [1.29, 1.82) is 0 Å². The van der Waals surface area contributed by atoms with E-state index in [1.165, 1.54) is 30.7 Å². The summed E-state index contributed by atoms with van der Waals surface area (Å²) in [5.41, 5.74) is 0. The third-order valence-corrected chi connectivity index (χ3v) is 5.18. The van der Waals surface area contributed by atoms with Gasteiger partial charge >= 0.3 is 0 Å². The number of hydrogen-bond acceptors (Lipinski definition) is 4. The molecule has 2 rings (SSSR count). The minimum absolute atomic E-state index is 0. The number of hydrogen-bond donors (Lipinski definition) is 3. The second-order valence-electron chi connectivity index (χ2n) is 5.89. The summed E-state index contributed by atoms with van der Waals surface area (Å²) in [4.78, 5) is 19.3. The predicted molar refractivity (Wildman–Crippen MR) is 116 cm³/mol. The second-order valence-corrected chi connectivity index (χ2v) is 6.84. The van der Waals surface area contributed by atoms with Gasteiger partial charge in [-0.3, -0.25) is 14.7 Å². The molecule has 3 N–H and O–H groups in total. The Labute approximate surface area is 171 Å². The van der Waals surface area contributed by atoms with Gasteiger partial charge in [-0.1, -0.05) is 13.0 Å². The number of halogens is 1. The van der Waals surface area contributed by atoms with Gasteiger partial charge in [0.2, 0.25) is 0 Å². The number of likely N-dealkylation sites (tertiary alicyclic amines) is 1. The van der Waals surface area contributed by atoms with Crippen LogP contribution in [0.2, 0.25) is 0 Å². The van der Waals surface area contributed by atoms with Crippen LogP contribution in [-0.4, -0.2) is 62.6 Å². The monoisotopic (exact) mass is 479 g/mol. The van der Waals surface area contributed by atoms with E-state index >= 15 is 0 Å². The number of amides is 1. The molecule has 2 heterocycles. The summed E-state index contributed by atoms with van der Waals surface area (Å²) in [6, 6.07) is 4.34. The largest absolute Gasteiger partial charge is 0.356 e. The van der Waals surface area contributed by atoms with Gasteiger partial charge < -0.3 is 16.0 Å². The molecule has 6 nitrogen and oxygen atoms in total. The Morgan fingerprint density at radius 2 is 2.16 bits per heavy atom. The minimum atomic E-state index is 0. The molecule has 25 heavy (non-hydrogen) atoms. The molecule has 0 radical (unpaired) electrons. The lowest BCUT2D eigenvalue weighted by atomic mass is 10.2. The van der Waals surface area contributed by atoms with Crippen LogP contribution < -0.4 is 16.0 Å². The molecule has 8 heteroatoms. The first-order chi connectivity index (χ1) is 11.7. The molecular formula is C17H30IN5OS. The highest BCUT2D eigenvalue weighted by Crippen LogP contribution is 2.15. The summed E-state index contributed by atoms with van der Waals surface area (Å²) in [7, 11) is 1.79. The van der Waals surface area contributed by atoms with Gasteiger partial charge in [-0.15, -0.1) is 35.3 Å². The first-order valence-corrected chi connectivity index (χ1v) is 9.62. The van der Waals surface area contributed by atoms with E-state index in [4.69, 9.17) is 0 Å². The average Bonchev–Trinajstić information content (AvgIpc) is 3.28. The Morgan fingerprint density at radius 1 is 1.36 bits per heavy atom. The van der Waals surface area contributed by atoms with E-state index in [9.17, 15) is 4.79 Å². The number of guanidine groups is 1. The van der Waals surface area contributed by atoms with Crippen LogP contribution in [0.5, 0.6) is 0 Å². The van der Waals surface area contributed by atoms with E-state index in [1.807, 2.05) is 17.5 Å². The van der Waals surface area contributed by atoms with Crippen molar-refractivity contribution in [2.45, 2.75) is 32.2 Å². The average molecular weight is 479 g/mol. The lowest BCUT2D eigenvalue weighted by Crippen LogP contribution is -2.45. The molecule has 0 saturated carbocycles. The van der Waals surface area contributed by atoms with Crippen molar-refractivity contribution in [2.75, 3.05) is 39.8 Å². The van der Waals surface area contributed by atoms with E-state index < -0.39 is 0 Å². The number of nitrogens with one attached hydrogen (secondary N) is 3. The molecule has 1 saturated heterocycles. The fourth-order valence-electron chi connectivity index (χ4n) is 2.97. The van der Waals surface area contributed by atoms with Crippen molar-refractivity contribution in [2.24, 2.45) is 4.99 Å². The number of carbonyl (C=O) groups excluding carboxylic acids is 1. The topological polar surface area (TPSA) is 68.8 Å². The number of aliphatic imine (C=N–C) groups is 1. The molecular weight excluding hydrogens is 449 g/mol. The molecule has 1 aromatic heterocycles. The molecule has 1 atom stereocenters. The number of thiophene rings is 1. The number of likely N-dealkylation sites (N-methyl/N-ethyl adjacent to an activating group) is 1. The zero-order valence-electron chi connectivity index (χ0n) is 15.1. The maximum absolute atomic E-state index is 11.8. The van der Waals surface area contributed by atoms with Gasteiger partial charge in [-0.25, -0.2) is 0 Å². The first-order valence-electron chi connectivity index (χ1n) is 8.75. The van der Waals surface area contributed by atoms with Gasteiger partial charge in [-0.2, -0.15) is 0 Å². The van der Waals surface area contributed by atoms with Crippen molar-refractivity contribution in [1.82, 2.24) is 20.9 Å². The van der Waals surface area contributed by atoms with Crippen LogP contribution in [-0.2, 0) is 0 Å². The molecule has 1 aromatic rings. The predicted octanol–water partition coefficient (Wildman–Crippen LogP) is 2.14. The minimum Gasteiger partial charge on any atom is -0.356 e. The summed E-state index contributed by atoms with van der Waals surface area (Å²) in [6.07, 6.45) is 3.41. The van der Waals surface area contributed by atoms with E-state index in [2.05, 4.69) is 32.8 Å². The van der Waals surface area contributed by atoms with Crippen molar-refractivity contribution in [3.63, 3.8) is 0 Å². The Balaban J connectivity index is 0.00000312. The normalized spacial score (nSPS) is 17.8. The molecule has 1 amide bonds. The number of nitrogens with zero attached hydrogens (tertiary/aromatic N) is 2. The lowest BCUT2D eigenvalue weighted by Gasteiger charge is -2.24. The Morgan fingerprint density at radius 3 is 2.84 bits per heavy atom. The van der Waals surface area contributed by atoms with Crippen LogP contribution in [0, 0.1) is 0 Å². The lowest BCUT2D eigenvalue weighted by molar-refractivity contribution is 0.0957. The summed E-state index contributed by atoms with van der Waals surface area (Å²) in [5.74, 6) is 0.843. The maximum Gasteiger partial charge on any atom is 0.261 e.